The van der Waals surface area contributed by atoms with Gasteiger partial charge in [0.25, 0.3) is 0 Å². The Labute approximate surface area is 109 Å². The van der Waals surface area contributed by atoms with Crippen LogP contribution in [0.15, 0.2) is 24.3 Å². The number of nitrogens with zero attached hydrogens (tertiary/aromatic N) is 1. The van der Waals surface area contributed by atoms with E-state index in [0.717, 1.165) is 31.1 Å². The zero-order valence-corrected chi connectivity index (χ0v) is 11.0. The first-order valence-electron chi connectivity index (χ1n) is 6.55. The summed E-state index contributed by atoms with van der Waals surface area (Å²) < 4.78 is 11.0. The van der Waals surface area contributed by atoms with E-state index in [4.69, 9.17) is 15.2 Å². The normalized spacial score (nSPS) is 20.0. The molecule has 1 aromatic rings. The molecule has 1 unspecified atom stereocenters. The molecule has 0 amide bonds. The maximum atomic E-state index is 5.78. The molecule has 1 heterocycles. The standard InChI is InChI=1S/C14H22N2O2/c1-17-13-6-2-3-7-14(13)18-10-9-16-8-4-5-12(16)11-15/h2-3,6-7,12H,4-5,8-11,15H2,1H3. The Kier molecular flexibility index (Phi) is 4.84. The molecule has 0 aromatic heterocycles. The lowest BCUT2D eigenvalue weighted by Gasteiger charge is -2.23. The maximum absolute atomic E-state index is 5.78. The minimum atomic E-state index is 0.534. The van der Waals surface area contributed by atoms with Gasteiger partial charge in [-0.1, -0.05) is 12.1 Å². The van der Waals surface area contributed by atoms with Crippen LogP contribution in [0.5, 0.6) is 11.5 Å². The molecule has 0 aliphatic carbocycles. The van der Waals surface area contributed by atoms with Gasteiger partial charge in [0.1, 0.15) is 6.61 Å². The summed E-state index contributed by atoms with van der Waals surface area (Å²) in [5.74, 6) is 1.60. The summed E-state index contributed by atoms with van der Waals surface area (Å²) >= 11 is 0. The third kappa shape index (κ3) is 3.15. The highest BCUT2D eigenvalue weighted by Gasteiger charge is 2.22. The number of rotatable bonds is 6. The quantitative estimate of drug-likeness (QED) is 0.831. The lowest BCUT2D eigenvalue weighted by Crippen LogP contribution is -2.37. The highest BCUT2D eigenvalue weighted by Crippen LogP contribution is 2.25. The number of nitrogens with two attached hydrogens (primary N) is 1. The SMILES string of the molecule is COc1ccccc1OCCN1CCCC1CN. The van der Waals surface area contributed by atoms with E-state index in [0.29, 0.717) is 12.6 Å². The fourth-order valence-electron chi connectivity index (χ4n) is 2.47. The molecule has 1 saturated heterocycles. The van der Waals surface area contributed by atoms with E-state index in [1.165, 1.54) is 12.8 Å². The first kappa shape index (κ1) is 13.2. The van der Waals surface area contributed by atoms with Crippen LogP contribution in [0.1, 0.15) is 12.8 Å². The number of benzene rings is 1. The van der Waals surface area contributed by atoms with Crippen LogP contribution >= 0.6 is 0 Å². The summed E-state index contributed by atoms with van der Waals surface area (Å²) in [5.41, 5.74) is 5.75. The van der Waals surface area contributed by atoms with Gasteiger partial charge in [0, 0.05) is 19.1 Å². The van der Waals surface area contributed by atoms with Crippen LogP contribution in [0, 0.1) is 0 Å². The van der Waals surface area contributed by atoms with Crippen molar-refractivity contribution in [3.05, 3.63) is 24.3 Å². The van der Waals surface area contributed by atoms with Crippen molar-refractivity contribution in [2.24, 2.45) is 5.73 Å². The number of likely N-dealkylation sites (tertiary alicyclic amines) is 1. The molecule has 1 fully saturated rings. The monoisotopic (exact) mass is 250 g/mol. The predicted octanol–water partition coefficient (Wildman–Crippen LogP) is 1.50. The molecule has 2 N–H and O–H groups in total. The Hall–Kier alpha value is -1.26. The molecule has 1 aromatic carbocycles. The van der Waals surface area contributed by atoms with Gasteiger partial charge >= 0.3 is 0 Å². The molecule has 0 radical (unpaired) electrons. The summed E-state index contributed by atoms with van der Waals surface area (Å²) in [4.78, 5) is 2.41. The van der Waals surface area contributed by atoms with Gasteiger partial charge in [-0.25, -0.2) is 0 Å². The molecule has 4 heteroatoms. The molecule has 0 bridgehead atoms. The van der Waals surface area contributed by atoms with Crippen LogP contribution in [0.25, 0.3) is 0 Å². The molecule has 4 nitrogen and oxygen atoms in total. The third-order valence-corrected chi connectivity index (χ3v) is 3.48. The van der Waals surface area contributed by atoms with E-state index in [-0.39, 0.29) is 0 Å². The van der Waals surface area contributed by atoms with E-state index in [1.807, 2.05) is 24.3 Å². The summed E-state index contributed by atoms with van der Waals surface area (Å²) in [6.45, 7) is 3.49. The van der Waals surface area contributed by atoms with Crippen molar-refractivity contribution >= 4 is 0 Å². The third-order valence-electron chi connectivity index (χ3n) is 3.48. The van der Waals surface area contributed by atoms with Crippen molar-refractivity contribution in [2.75, 3.05) is 33.4 Å². The van der Waals surface area contributed by atoms with Crippen LogP contribution in [0.2, 0.25) is 0 Å². The van der Waals surface area contributed by atoms with Crippen molar-refractivity contribution in [3.8, 4) is 11.5 Å². The predicted molar refractivity (Wildman–Crippen MR) is 72.1 cm³/mol. The molecule has 100 valence electrons. The van der Waals surface area contributed by atoms with Crippen LogP contribution < -0.4 is 15.2 Å². The van der Waals surface area contributed by atoms with Crippen molar-refractivity contribution in [3.63, 3.8) is 0 Å². The molecular formula is C14H22N2O2. The smallest absolute Gasteiger partial charge is 0.161 e. The summed E-state index contributed by atoms with van der Waals surface area (Å²) in [6.07, 6.45) is 2.46. The first-order valence-corrected chi connectivity index (χ1v) is 6.55. The maximum Gasteiger partial charge on any atom is 0.161 e. The van der Waals surface area contributed by atoms with Gasteiger partial charge in [-0.2, -0.15) is 0 Å². The number of methoxy groups -OCH3 is 1. The summed E-state index contributed by atoms with van der Waals surface area (Å²) in [5, 5.41) is 0. The average Bonchev–Trinajstić information content (AvgIpc) is 2.87. The number of hydrogen-bond acceptors (Lipinski definition) is 4. The number of hydrogen-bond donors (Lipinski definition) is 1. The van der Waals surface area contributed by atoms with Crippen LogP contribution in [0.4, 0.5) is 0 Å². The lowest BCUT2D eigenvalue weighted by atomic mass is 10.2. The van der Waals surface area contributed by atoms with Gasteiger partial charge in [-0.15, -0.1) is 0 Å². The van der Waals surface area contributed by atoms with Crippen molar-refractivity contribution in [1.29, 1.82) is 0 Å². The molecule has 1 aliphatic heterocycles. The van der Waals surface area contributed by atoms with E-state index >= 15 is 0 Å². The largest absolute Gasteiger partial charge is 0.493 e. The Morgan fingerprint density at radius 3 is 2.83 bits per heavy atom. The zero-order valence-electron chi connectivity index (χ0n) is 11.0. The van der Waals surface area contributed by atoms with E-state index in [2.05, 4.69) is 4.90 Å². The highest BCUT2D eigenvalue weighted by atomic mass is 16.5. The Balaban J connectivity index is 1.81. The fourth-order valence-corrected chi connectivity index (χ4v) is 2.47. The topological polar surface area (TPSA) is 47.7 Å². The number of para-hydroxylation sites is 2. The minimum Gasteiger partial charge on any atom is -0.493 e. The second kappa shape index (κ2) is 6.61. The van der Waals surface area contributed by atoms with E-state index in [9.17, 15) is 0 Å². The van der Waals surface area contributed by atoms with Gasteiger partial charge in [0.15, 0.2) is 11.5 Å². The zero-order chi connectivity index (χ0) is 12.8. The fraction of sp³-hybridized carbons (Fsp3) is 0.571. The van der Waals surface area contributed by atoms with Crippen LogP contribution in [0.3, 0.4) is 0 Å². The molecule has 1 atom stereocenters. The van der Waals surface area contributed by atoms with E-state index < -0.39 is 0 Å². The molecular weight excluding hydrogens is 228 g/mol. The Bertz CT molecular complexity index is 371. The Morgan fingerprint density at radius 1 is 1.33 bits per heavy atom. The lowest BCUT2D eigenvalue weighted by molar-refractivity contribution is 0.195. The van der Waals surface area contributed by atoms with Gasteiger partial charge < -0.3 is 15.2 Å². The molecule has 1 aliphatic rings. The summed E-state index contributed by atoms with van der Waals surface area (Å²) in [7, 11) is 1.66. The van der Waals surface area contributed by atoms with Crippen molar-refractivity contribution < 1.29 is 9.47 Å². The second-order valence-electron chi connectivity index (χ2n) is 4.57. The number of ether oxygens (including phenoxy) is 2. The first-order chi connectivity index (χ1) is 8.85. The van der Waals surface area contributed by atoms with Gasteiger partial charge in [0.2, 0.25) is 0 Å². The van der Waals surface area contributed by atoms with Gasteiger partial charge in [-0.05, 0) is 31.5 Å². The second-order valence-corrected chi connectivity index (χ2v) is 4.57. The highest BCUT2D eigenvalue weighted by molar-refractivity contribution is 5.39. The summed E-state index contributed by atoms with van der Waals surface area (Å²) in [6, 6.07) is 8.27. The van der Waals surface area contributed by atoms with Crippen molar-refractivity contribution in [1.82, 2.24) is 4.90 Å². The van der Waals surface area contributed by atoms with Crippen LogP contribution in [-0.2, 0) is 0 Å². The van der Waals surface area contributed by atoms with Crippen LogP contribution in [-0.4, -0.2) is 44.3 Å². The molecule has 2 rings (SSSR count). The Morgan fingerprint density at radius 2 is 2.11 bits per heavy atom. The van der Waals surface area contributed by atoms with E-state index in [1.54, 1.807) is 7.11 Å². The molecule has 0 spiro atoms. The molecule has 18 heavy (non-hydrogen) atoms. The van der Waals surface area contributed by atoms with Gasteiger partial charge in [0.05, 0.1) is 7.11 Å². The molecule has 0 saturated carbocycles. The minimum absolute atomic E-state index is 0.534. The van der Waals surface area contributed by atoms with Gasteiger partial charge in [-0.3, -0.25) is 4.90 Å². The van der Waals surface area contributed by atoms with Crippen molar-refractivity contribution in [2.45, 2.75) is 18.9 Å². The average molecular weight is 250 g/mol.